The molecule has 0 atom stereocenters. The van der Waals surface area contributed by atoms with E-state index < -0.39 is 0 Å². The summed E-state index contributed by atoms with van der Waals surface area (Å²) in [6, 6.07) is 33.0. The average Bonchev–Trinajstić information content (AvgIpc) is 3.27. The fraction of sp³-hybridized carbons (Fsp3) is 0.100. The van der Waals surface area contributed by atoms with E-state index in [4.69, 9.17) is 4.98 Å². The topological polar surface area (TPSA) is 17.8 Å². The smallest absolute Gasteiger partial charge is 0.137 e. The van der Waals surface area contributed by atoms with Crippen LogP contribution in [0, 0.1) is 0 Å². The van der Waals surface area contributed by atoms with Gasteiger partial charge in [-0.25, -0.2) is 4.98 Å². The van der Waals surface area contributed by atoms with Crippen LogP contribution in [0.4, 0.5) is 0 Å². The van der Waals surface area contributed by atoms with E-state index >= 15 is 0 Å². The Morgan fingerprint density at radius 2 is 1.47 bits per heavy atom. The van der Waals surface area contributed by atoms with E-state index in [0.717, 1.165) is 5.82 Å². The van der Waals surface area contributed by atoms with Crippen LogP contribution in [-0.2, 0) is 5.41 Å². The second-order valence-corrected chi connectivity index (χ2v) is 9.29. The predicted octanol–water partition coefficient (Wildman–Crippen LogP) is 7.64. The van der Waals surface area contributed by atoms with Crippen molar-refractivity contribution in [3.63, 3.8) is 0 Å². The number of hydrogen-bond donors (Lipinski definition) is 0. The lowest BCUT2D eigenvalue weighted by Gasteiger charge is -2.23. The Hall–Kier alpha value is -3.91. The van der Waals surface area contributed by atoms with Crippen LogP contribution in [-0.4, -0.2) is 9.55 Å². The summed E-state index contributed by atoms with van der Waals surface area (Å²) in [5, 5.41) is 5.15. The maximum absolute atomic E-state index is 4.70. The molecule has 0 unspecified atom stereocenters. The van der Waals surface area contributed by atoms with Crippen molar-refractivity contribution in [3.8, 4) is 16.9 Å². The molecule has 32 heavy (non-hydrogen) atoms. The highest BCUT2D eigenvalue weighted by atomic mass is 15.1. The number of nitrogens with zero attached hydrogens (tertiary/aromatic N) is 2. The summed E-state index contributed by atoms with van der Waals surface area (Å²) >= 11 is 0. The van der Waals surface area contributed by atoms with Gasteiger partial charge in [-0.2, -0.15) is 0 Å². The fourth-order valence-corrected chi connectivity index (χ4v) is 5.82. The van der Waals surface area contributed by atoms with Crippen LogP contribution in [0.2, 0.25) is 0 Å². The minimum Gasteiger partial charge on any atom is -0.294 e. The van der Waals surface area contributed by atoms with Gasteiger partial charge in [0.25, 0.3) is 0 Å². The van der Waals surface area contributed by atoms with Crippen molar-refractivity contribution in [2.75, 3.05) is 0 Å². The van der Waals surface area contributed by atoms with Crippen LogP contribution in [0.5, 0.6) is 0 Å². The molecule has 1 aliphatic rings. The highest BCUT2D eigenvalue weighted by molar-refractivity contribution is 6.15. The van der Waals surface area contributed by atoms with Gasteiger partial charge in [-0.1, -0.05) is 74.5 Å². The Morgan fingerprint density at radius 3 is 2.34 bits per heavy atom. The van der Waals surface area contributed by atoms with E-state index in [1.54, 1.807) is 0 Å². The standard InChI is InChI=1S/C30H22N2/c1-30(2)25-11-5-3-9-20(25)22-15-14-19-17-24-21-10-4-6-12-26(21)32(28-13-7-8-16-31-28)27(24)18-23(19)29(22)30/h3-18H,1-2H3. The van der Waals surface area contributed by atoms with Crippen LogP contribution in [0.25, 0.3) is 49.5 Å². The molecule has 0 saturated heterocycles. The van der Waals surface area contributed by atoms with E-state index in [9.17, 15) is 0 Å². The summed E-state index contributed by atoms with van der Waals surface area (Å²) in [7, 11) is 0. The first-order valence-corrected chi connectivity index (χ1v) is 11.2. The zero-order valence-electron chi connectivity index (χ0n) is 18.1. The molecule has 0 amide bonds. The van der Waals surface area contributed by atoms with Crippen LogP contribution in [0.1, 0.15) is 25.0 Å². The Morgan fingerprint density at radius 1 is 0.656 bits per heavy atom. The van der Waals surface area contributed by atoms with Gasteiger partial charge in [0.15, 0.2) is 0 Å². The first-order chi connectivity index (χ1) is 15.6. The zero-order valence-corrected chi connectivity index (χ0v) is 18.1. The lowest BCUT2D eigenvalue weighted by atomic mass is 9.80. The molecule has 0 N–H and O–H groups in total. The van der Waals surface area contributed by atoms with Gasteiger partial charge in [-0.15, -0.1) is 0 Å². The first-order valence-electron chi connectivity index (χ1n) is 11.2. The van der Waals surface area contributed by atoms with Crippen LogP contribution in [0.3, 0.4) is 0 Å². The van der Waals surface area contributed by atoms with Crippen molar-refractivity contribution in [1.29, 1.82) is 0 Å². The number of pyridine rings is 1. The highest BCUT2D eigenvalue weighted by Crippen LogP contribution is 2.51. The summed E-state index contributed by atoms with van der Waals surface area (Å²) < 4.78 is 2.30. The Bertz CT molecular complexity index is 1690. The zero-order chi connectivity index (χ0) is 21.4. The van der Waals surface area contributed by atoms with Crippen LogP contribution >= 0.6 is 0 Å². The van der Waals surface area contributed by atoms with E-state index in [1.165, 1.54) is 54.8 Å². The summed E-state index contributed by atoms with van der Waals surface area (Å²) in [5.74, 6) is 0.952. The van der Waals surface area contributed by atoms with Gasteiger partial charge in [0, 0.05) is 22.4 Å². The quantitative estimate of drug-likeness (QED) is 0.272. The molecule has 2 heterocycles. The molecular weight excluding hydrogens is 388 g/mol. The molecule has 0 fully saturated rings. The van der Waals surface area contributed by atoms with Crippen molar-refractivity contribution >= 4 is 32.6 Å². The molecule has 2 nitrogen and oxygen atoms in total. The number of benzene rings is 4. The molecule has 2 heteroatoms. The molecular formula is C30H22N2. The second kappa shape index (κ2) is 6.08. The van der Waals surface area contributed by atoms with Gasteiger partial charge in [0.05, 0.1) is 11.0 Å². The van der Waals surface area contributed by atoms with Crippen LogP contribution in [0.15, 0.2) is 97.2 Å². The molecule has 2 aromatic heterocycles. The third-order valence-corrected chi connectivity index (χ3v) is 7.21. The molecule has 1 aliphatic carbocycles. The third-order valence-electron chi connectivity index (χ3n) is 7.21. The number of aromatic nitrogens is 2. The number of para-hydroxylation sites is 1. The van der Waals surface area contributed by atoms with Gasteiger partial charge in [0.2, 0.25) is 0 Å². The average molecular weight is 411 g/mol. The predicted molar refractivity (Wildman–Crippen MR) is 134 cm³/mol. The minimum absolute atomic E-state index is 0.0407. The van der Waals surface area contributed by atoms with Gasteiger partial charge < -0.3 is 0 Å². The Labute approximate surface area is 186 Å². The number of rotatable bonds is 1. The molecule has 4 aromatic carbocycles. The van der Waals surface area contributed by atoms with Gasteiger partial charge in [0.1, 0.15) is 5.82 Å². The maximum Gasteiger partial charge on any atom is 0.137 e. The Kier molecular flexibility index (Phi) is 3.37. The van der Waals surface area contributed by atoms with E-state index in [1.807, 2.05) is 12.3 Å². The lowest BCUT2D eigenvalue weighted by Crippen LogP contribution is -2.15. The van der Waals surface area contributed by atoms with Crippen molar-refractivity contribution in [3.05, 3.63) is 108 Å². The first kappa shape index (κ1) is 17.7. The third kappa shape index (κ3) is 2.17. The molecule has 0 saturated carbocycles. The Balaban J connectivity index is 1.66. The monoisotopic (exact) mass is 410 g/mol. The maximum atomic E-state index is 4.70. The summed E-state index contributed by atoms with van der Waals surface area (Å²) in [4.78, 5) is 4.70. The van der Waals surface area contributed by atoms with Crippen molar-refractivity contribution in [2.45, 2.75) is 19.3 Å². The summed E-state index contributed by atoms with van der Waals surface area (Å²) in [5.41, 5.74) is 7.91. The van der Waals surface area contributed by atoms with Crippen molar-refractivity contribution in [2.24, 2.45) is 0 Å². The highest BCUT2D eigenvalue weighted by Gasteiger charge is 2.36. The van der Waals surface area contributed by atoms with Crippen LogP contribution < -0.4 is 0 Å². The molecule has 6 aromatic rings. The molecule has 152 valence electrons. The minimum atomic E-state index is -0.0407. The molecule has 0 radical (unpaired) electrons. The fourth-order valence-electron chi connectivity index (χ4n) is 5.82. The van der Waals surface area contributed by atoms with Gasteiger partial charge >= 0.3 is 0 Å². The van der Waals surface area contributed by atoms with Gasteiger partial charge in [-0.05, 0) is 63.4 Å². The summed E-state index contributed by atoms with van der Waals surface area (Å²) in [6.07, 6.45) is 1.87. The normalized spacial score (nSPS) is 14.2. The molecule has 0 aliphatic heterocycles. The van der Waals surface area contributed by atoms with Gasteiger partial charge in [-0.3, -0.25) is 4.57 Å². The van der Waals surface area contributed by atoms with E-state index in [2.05, 4.69) is 103 Å². The SMILES string of the molecule is CC1(C)c2ccccc2-c2ccc3cc4c5ccccc5n(-c5ccccn5)c4cc3c21. The van der Waals surface area contributed by atoms with E-state index in [-0.39, 0.29) is 5.41 Å². The molecule has 0 bridgehead atoms. The summed E-state index contributed by atoms with van der Waals surface area (Å²) in [6.45, 7) is 4.71. The number of hydrogen-bond acceptors (Lipinski definition) is 1. The largest absolute Gasteiger partial charge is 0.294 e. The van der Waals surface area contributed by atoms with E-state index in [0.29, 0.717) is 0 Å². The van der Waals surface area contributed by atoms with Crippen molar-refractivity contribution < 1.29 is 0 Å². The molecule has 7 rings (SSSR count). The number of fused-ring (bicyclic) bond motifs is 8. The lowest BCUT2D eigenvalue weighted by molar-refractivity contribution is 0.666. The van der Waals surface area contributed by atoms with Crippen molar-refractivity contribution in [1.82, 2.24) is 9.55 Å². The molecule has 0 spiro atoms. The second-order valence-electron chi connectivity index (χ2n) is 9.29.